The monoisotopic (exact) mass is 271 g/mol. The molecule has 0 aromatic heterocycles. The van der Waals surface area contributed by atoms with Crippen LogP contribution in [0.1, 0.15) is 33.6 Å². The summed E-state index contributed by atoms with van der Waals surface area (Å²) < 4.78 is 5.35. The van der Waals surface area contributed by atoms with Crippen LogP contribution in [0, 0.1) is 0 Å². The van der Waals surface area contributed by atoms with Crippen LogP contribution in [0.25, 0.3) is 0 Å². The van der Waals surface area contributed by atoms with Crippen LogP contribution in [0.3, 0.4) is 0 Å². The minimum atomic E-state index is -0.497. The van der Waals surface area contributed by atoms with Crippen LogP contribution in [0.2, 0.25) is 0 Å². The molecule has 0 aliphatic carbocycles. The molecule has 2 amide bonds. The van der Waals surface area contributed by atoms with E-state index in [-0.39, 0.29) is 24.6 Å². The third-order valence-electron chi connectivity index (χ3n) is 3.16. The number of rotatable bonds is 2. The first kappa shape index (κ1) is 15.8. The molecule has 1 unspecified atom stereocenters. The van der Waals surface area contributed by atoms with Crippen molar-refractivity contribution in [2.75, 3.05) is 26.7 Å². The number of likely N-dealkylation sites (N-methyl/N-ethyl adjacent to an activating group) is 1. The van der Waals surface area contributed by atoms with E-state index in [0.29, 0.717) is 13.1 Å². The van der Waals surface area contributed by atoms with E-state index in [0.717, 1.165) is 12.8 Å². The van der Waals surface area contributed by atoms with Crippen LogP contribution < -0.4 is 5.73 Å². The largest absolute Gasteiger partial charge is 0.444 e. The van der Waals surface area contributed by atoms with Crippen molar-refractivity contribution < 1.29 is 14.3 Å². The summed E-state index contributed by atoms with van der Waals surface area (Å²) in [6.07, 6.45) is 1.44. The zero-order valence-electron chi connectivity index (χ0n) is 12.3. The van der Waals surface area contributed by atoms with E-state index in [9.17, 15) is 9.59 Å². The van der Waals surface area contributed by atoms with Crippen molar-refractivity contribution in [3.63, 3.8) is 0 Å². The van der Waals surface area contributed by atoms with E-state index in [4.69, 9.17) is 10.5 Å². The SMILES string of the molecule is CN(C(=O)CN)C1CCCN(C(=O)OC(C)(C)C)C1. The minimum Gasteiger partial charge on any atom is -0.444 e. The number of carbonyl (C=O) groups excluding carboxylic acids is 2. The molecule has 6 nitrogen and oxygen atoms in total. The lowest BCUT2D eigenvalue weighted by atomic mass is 10.0. The van der Waals surface area contributed by atoms with Crippen LogP contribution in [0.15, 0.2) is 0 Å². The Bertz CT molecular complexity index is 339. The molecule has 1 heterocycles. The summed E-state index contributed by atoms with van der Waals surface area (Å²) >= 11 is 0. The summed E-state index contributed by atoms with van der Waals surface area (Å²) in [4.78, 5) is 26.9. The molecule has 1 saturated heterocycles. The number of hydrogen-bond acceptors (Lipinski definition) is 4. The first-order chi connectivity index (χ1) is 8.74. The maximum absolute atomic E-state index is 12.0. The third kappa shape index (κ3) is 4.70. The summed E-state index contributed by atoms with van der Waals surface area (Å²) in [7, 11) is 1.73. The fourth-order valence-electron chi connectivity index (χ4n) is 2.11. The molecule has 1 rings (SSSR count). The summed E-state index contributed by atoms with van der Waals surface area (Å²) in [6, 6.07) is 0.0253. The third-order valence-corrected chi connectivity index (χ3v) is 3.16. The number of piperidine rings is 1. The highest BCUT2D eigenvalue weighted by Gasteiger charge is 2.30. The van der Waals surface area contributed by atoms with Gasteiger partial charge in [0.2, 0.25) is 5.91 Å². The second-order valence-corrected chi connectivity index (χ2v) is 5.93. The van der Waals surface area contributed by atoms with Crippen molar-refractivity contribution >= 4 is 12.0 Å². The van der Waals surface area contributed by atoms with Gasteiger partial charge in [0.15, 0.2) is 0 Å². The second-order valence-electron chi connectivity index (χ2n) is 5.93. The summed E-state index contributed by atoms with van der Waals surface area (Å²) in [5.41, 5.74) is 4.86. The number of amides is 2. The molecule has 0 aromatic carbocycles. The molecule has 1 aliphatic heterocycles. The number of carbonyl (C=O) groups is 2. The van der Waals surface area contributed by atoms with Gasteiger partial charge in [0.25, 0.3) is 0 Å². The standard InChI is InChI=1S/C13H25N3O3/c1-13(2,3)19-12(18)16-7-5-6-10(9-16)15(4)11(17)8-14/h10H,5-9,14H2,1-4H3. The van der Waals surface area contributed by atoms with Crippen molar-refractivity contribution in [2.24, 2.45) is 5.73 Å². The second kappa shape index (κ2) is 6.23. The Balaban J connectivity index is 2.59. The van der Waals surface area contributed by atoms with Gasteiger partial charge in [-0.15, -0.1) is 0 Å². The lowest BCUT2D eigenvalue weighted by Crippen LogP contribution is -2.52. The van der Waals surface area contributed by atoms with Crippen LogP contribution in [0.4, 0.5) is 4.79 Å². The maximum Gasteiger partial charge on any atom is 0.410 e. The quantitative estimate of drug-likeness (QED) is 0.806. The lowest BCUT2D eigenvalue weighted by molar-refractivity contribution is -0.131. The van der Waals surface area contributed by atoms with Crippen molar-refractivity contribution in [2.45, 2.75) is 45.3 Å². The van der Waals surface area contributed by atoms with E-state index in [1.807, 2.05) is 20.8 Å². The highest BCUT2D eigenvalue weighted by Crippen LogP contribution is 2.18. The van der Waals surface area contributed by atoms with Gasteiger partial charge in [-0.05, 0) is 33.6 Å². The first-order valence-electron chi connectivity index (χ1n) is 6.68. The number of ether oxygens (including phenoxy) is 1. The zero-order valence-corrected chi connectivity index (χ0v) is 12.3. The molecule has 0 saturated carbocycles. The lowest BCUT2D eigenvalue weighted by Gasteiger charge is -2.38. The average molecular weight is 271 g/mol. The van der Waals surface area contributed by atoms with Crippen molar-refractivity contribution in [1.29, 1.82) is 0 Å². The van der Waals surface area contributed by atoms with Gasteiger partial charge in [0, 0.05) is 26.2 Å². The van der Waals surface area contributed by atoms with Gasteiger partial charge >= 0.3 is 6.09 Å². The average Bonchev–Trinajstić information content (AvgIpc) is 2.35. The number of nitrogens with two attached hydrogens (primary N) is 1. The van der Waals surface area contributed by atoms with E-state index in [1.54, 1.807) is 16.8 Å². The maximum atomic E-state index is 12.0. The van der Waals surface area contributed by atoms with Crippen molar-refractivity contribution in [3.8, 4) is 0 Å². The van der Waals surface area contributed by atoms with Crippen LogP contribution in [0.5, 0.6) is 0 Å². The molecule has 0 aromatic rings. The van der Waals surface area contributed by atoms with Gasteiger partial charge in [-0.2, -0.15) is 0 Å². The zero-order chi connectivity index (χ0) is 14.6. The molecule has 6 heteroatoms. The van der Waals surface area contributed by atoms with E-state index >= 15 is 0 Å². The van der Waals surface area contributed by atoms with Gasteiger partial charge in [-0.3, -0.25) is 4.79 Å². The predicted molar refractivity (Wildman–Crippen MR) is 72.7 cm³/mol. The fraction of sp³-hybridized carbons (Fsp3) is 0.846. The van der Waals surface area contributed by atoms with Gasteiger partial charge < -0.3 is 20.3 Å². The first-order valence-corrected chi connectivity index (χ1v) is 6.68. The van der Waals surface area contributed by atoms with Gasteiger partial charge in [0.05, 0.1) is 6.54 Å². The van der Waals surface area contributed by atoms with Gasteiger partial charge in [-0.1, -0.05) is 0 Å². The topological polar surface area (TPSA) is 75.9 Å². The van der Waals surface area contributed by atoms with Crippen LogP contribution in [-0.4, -0.2) is 60.1 Å². The number of hydrogen-bond donors (Lipinski definition) is 1. The Morgan fingerprint density at radius 2 is 2.05 bits per heavy atom. The van der Waals surface area contributed by atoms with Gasteiger partial charge in [0.1, 0.15) is 5.60 Å². The minimum absolute atomic E-state index is 0.000558. The molecule has 1 aliphatic rings. The highest BCUT2D eigenvalue weighted by atomic mass is 16.6. The highest BCUT2D eigenvalue weighted by molar-refractivity contribution is 5.78. The van der Waals surface area contributed by atoms with Crippen LogP contribution in [-0.2, 0) is 9.53 Å². The fourth-order valence-corrected chi connectivity index (χ4v) is 2.11. The smallest absolute Gasteiger partial charge is 0.410 e. The van der Waals surface area contributed by atoms with Crippen molar-refractivity contribution in [3.05, 3.63) is 0 Å². The van der Waals surface area contributed by atoms with Crippen molar-refractivity contribution in [1.82, 2.24) is 9.80 Å². The molecular formula is C13H25N3O3. The number of likely N-dealkylation sites (tertiary alicyclic amines) is 1. The normalized spacial score (nSPS) is 20.1. The summed E-state index contributed by atoms with van der Waals surface area (Å²) in [5, 5.41) is 0. The molecule has 1 fully saturated rings. The molecule has 2 N–H and O–H groups in total. The summed E-state index contributed by atoms with van der Waals surface area (Å²) in [6.45, 7) is 6.72. The van der Waals surface area contributed by atoms with E-state index in [2.05, 4.69) is 0 Å². The Morgan fingerprint density at radius 1 is 1.42 bits per heavy atom. The Kier molecular flexibility index (Phi) is 5.17. The molecule has 0 bridgehead atoms. The van der Waals surface area contributed by atoms with Gasteiger partial charge in [-0.25, -0.2) is 4.79 Å². The van der Waals surface area contributed by atoms with Crippen LogP contribution >= 0.6 is 0 Å². The predicted octanol–water partition coefficient (Wildman–Crippen LogP) is 0.803. The van der Waals surface area contributed by atoms with E-state index in [1.165, 1.54) is 0 Å². The molecule has 19 heavy (non-hydrogen) atoms. The number of nitrogens with zero attached hydrogens (tertiary/aromatic N) is 2. The molecule has 0 spiro atoms. The molecular weight excluding hydrogens is 246 g/mol. The van der Waals surface area contributed by atoms with E-state index < -0.39 is 5.60 Å². The Labute approximate surface area is 114 Å². The Morgan fingerprint density at radius 3 is 2.58 bits per heavy atom. The molecule has 1 atom stereocenters. The Hall–Kier alpha value is -1.30. The molecule has 0 radical (unpaired) electrons. The summed E-state index contributed by atoms with van der Waals surface area (Å²) in [5.74, 6) is -0.101. The molecule has 110 valence electrons.